The van der Waals surface area contributed by atoms with Crippen LogP contribution in [0.5, 0.6) is 0 Å². The van der Waals surface area contributed by atoms with Crippen LogP contribution in [0.1, 0.15) is 61.4 Å². The molecule has 0 radical (unpaired) electrons. The second-order valence-electron chi connectivity index (χ2n) is 6.57. The van der Waals surface area contributed by atoms with E-state index in [1.165, 1.54) is 0 Å². The summed E-state index contributed by atoms with van der Waals surface area (Å²) in [4.78, 5) is 16.3. The van der Waals surface area contributed by atoms with Crippen molar-refractivity contribution in [2.45, 2.75) is 52.5 Å². The zero-order chi connectivity index (χ0) is 18.4. The van der Waals surface area contributed by atoms with E-state index >= 15 is 0 Å². The Labute approximate surface area is 149 Å². The first-order chi connectivity index (χ1) is 11.9. The number of ether oxygens (including phenoxy) is 1. The quantitative estimate of drug-likeness (QED) is 0.718. The van der Waals surface area contributed by atoms with Crippen molar-refractivity contribution in [2.24, 2.45) is 0 Å². The third-order valence-corrected chi connectivity index (χ3v) is 4.21. The maximum atomic E-state index is 12.1. The first-order valence-electron chi connectivity index (χ1n) is 8.64. The second-order valence-corrected chi connectivity index (χ2v) is 6.57. The zero-order valence-electron chi connectivity index (χ0n) is 15.4. The molecule has 0 aliphatic heterocycles. The van der Waals surface area contributed by atoms with E-state index in [9.17, 15) is 10.1 Å². The lowest BCUT2D eigenvalue weighted by Gasteiger charge is -2.16. The Hall–Kier alpha value is -2.61. The largest absolute Gasteiger partial charge is 0.461 e. The number of aromatic nitrogens is 2. The monoisotopic (exact) mass is 339 g/mol. The molecule has 2 aromatic rings. The maximum absolute atomic E-state index is 12.1. The predicted molar refractivity (Wildman–Crippen MR) is 96.4 cm³/mol. The number of carbonyl (C=O) groups is 1. The third kappa shape index (κ3) is 4.27. The topological polar surface area (TPSA) is 67.9 Å². The molecule has 1 heterocycles. The van der Waals surface area contributed by atoms with Crippen molar-refractivity contribution in [2.75, 3.05) is 6.61 Å². The molecule has 0 spiro atoms. The number of nitriles is 1. The molecule has 1 aromatic carbocycles. The van der Waals surface area contributed by atoms with Gasteiger partial charge in [0, 0.05) is 6.54 Å². The molecule has 0 unspecified atom stereocenters. The number of carbonyl (C=O) groups excluding carboxylic acids is 1. The van der Waals surface area contributed by atoms with E-state index in [0.29, 0.717) is 18.8 Å². The summed E-state index contributed by atoms with van der Waals surface area (Å²) in [6.07, 6.45) is 3.39. The number of benzene rings is 1. The molecule has 1 aromatic heterocycles. The van der Waals surface area contributed by atoms with Crippen molar-refractivity contribution in [3.05, 3.63) is 53.1 Å². The van der Waals surface area contributed by atoms with Crippen molar-refractivity contribution in [3.63, 3.8) is 0 Å². The van der Waals surface area contributed by atoms with Gasteiger partial charge in [0.25, 0.3) is 0 Å². The van der Waals surface area contributed by atoms with Crippen LogP contribution in [0.25, 0.3) is 0 Å². The van der Waals surface area contributed by atoms with Gasteiger partial charge in [0.15, 0.2) is 5.69 Å². The fourth-order valence-electron chi connectivity index (χ4n) is 2.70. The summed E-state index contributed by atoms with van der Waals surface area (Å²) in [7, 11) is 0. The minimum atomic E-state index is -0.502. The highest BCUT2D eigenvalue weighted by Gasteiger charge is 2.20. The Morgan fingerprint density at radius 1 is 1.28 bits per heavy atom. The van der Waals surface area contributed by atoms with Gasteiger partial charge in [0.2, 0.25) is 0 Å². The molecule has 0 N–H and O–H groups in total. The van der Waals surface area contributed by atoms with Gasteiger partial charge in [-0.3, -0.25) is 0 Å². The van der Waals surface area contributed by atoms with Crippen LogP contribution >= 0.6 is 0 Å². The lowest BCUT2D eigenvalue weighted by molar-refractivity contribution is 0.0518. The summed E-state index contributed by atoms with van der Waals surface area (Å²) in [5.41, 5.74) is 2.90. The predicted octanol–water partition coefficient (Wildman–Crippen LogP) is 3.86. The minimum Gasteiger partial charge on any atom is -0.461 e. The van der Waals surface area contributed by atoms with E-state index in [-0.39, 0.29) is 5.97 Å². The normalized spacial score (nSPS) is 11.2. The van der Waals surface area contributed by atoms with Crippen molar-refractivity contribution in [1.29, 1.82) is 5.26 Å². The zero-order valence-corrected chi connectivity index (χ0v) is 15.4. The molecule has 132 valence electrons. The fraction of sp³-hybridized carbons (Fsp3) is 0.450. The van der Waals surface area contributed by atoms with Crippen LogP contribution in [-0.4, -0.2) is 22.1 Å². The van der Waals surface area contributed by atoms with Crippen LogP contribution in [0.3, 0.4) is 0 Å². The van der Waals surface area contributed by atoms with Crippen molar-refractivity contribution in [3.8, 4) is 6.07 Å². The molecule has 2 rings (SSSR count). The minimum absolute atomic E-state index is 0.341. The molecule has 0 aliphatic rings. The number of rotatable bonds is 7. The van der Waals surface area contributed by atoms with Gasteiger partial charge in [0.1, 0.15) is 0 Å². The molecule has 5 nitrogen and oxygen atoms in total. The van der Waals surface area contributed by atoms with Gasteiger partial charge in [-0.15, -0.1) is 0 Å². The summed E-state index contributed by atoms with van der Waals surface area (Å²) in [6.45, 7) is 8.65. The second kappa shape index (κ2) is 7.98. The third-order valence-electron chi connectivity index (χ3n) is 4.21. The molecule has 0 saturated carbocycles. The molecule has 25 heavy (non-hydrogen) atoms. The van der Waals surface area contributed by atoms with Gasteiger partial charge in [0.05, 0.1) is 30.1 Å². The van der Waals surface area contributed by atoms with Crippen LogP contribution in [0.4, 0.5) is 0 Å². The summed E-state index contributed by atoms with van der Waals surface area (Å²) >= 11 is 0. The highest BCUT2D eigenvalue weighted by molar-refractivity contribution is 5.88. The van der Waals surface area contributed by atoms with E-state index in [4.69, 9.17) is 4.74 Å². The van der Waals surface area contributed by atoms with Crippen molar-refractivity contribution in [1.82, 2.24) is 9.55 Å². The lowest BCUT2D eigenvalue weighted by Crippen LogP contribution is -2.14. The number of hydrogen-bond acceptors (Lipinski definition) is 4. The van der Waals surface area contributed by atoms with Crippen LogP contribution < -0.4 is 0 Å². The van der Waals surface area contributed by atoms with Crippen LogP contribution in [0.2, 0.25) is 0 Å². The van der Waals surface area contributed by atoms with Crippen LogP contribution in [0, 0.1) is 11.3 Å². The molecule has 0 bridgehead atoms. The van der Waals surface area contributed by atoms with Gasteiger partial charge >= 0.3 is 5.97 Å². The number of nitrogens with zero attached hydrogens (tertiary/aromatic N) is 3. The number of imidazole rings is 1. The molecule has 0 amide bonds. The fourth-order valence-corrected chi connectivity index (χ4v) is 2.70. The highest BCUT2D eigenvalue weighted by atomic mass is 16.5. The SMILES string of the molecule is CCCc1c(C(=O)OCC)ncn1Cc1ccc(C(C)(C)C#N)cc1. The summed E-state index contributed by atoms with van der Waals surface area (Å²) in [5.74, 6) is -0.365. The Bertz CT molecular complexity index is 767. The van der Waals surface area contributed by atoms with E-state index in [0.717, 1.165) is 29.7 Å². The van der Waals surface area contributed by atoms with E-state index in [1.807, 2.05) is 42.7 Å². The first kappa shape index (κ1) is 18.7. The average molecular weight is 339 g/mol. The molecule has 0 fully saturated rings. The summed E-state index contributed by atoms with van der Waals surface area (Å²) in [6, 6.07) is 10.3. The smallest absolute Gasteiger partial charge is 0.358 e. The molecule has 0 aliphatic carbocycles. The average Bonchev–Trinajstić information content (AvgIpc) is 2.99. The van der Waals surface area contributed by atoms with Gasteiger partial charge < -0.3 is 9.30 Å². The number of hydrogen-bond donors (Lipinski definition) is 0. The van der Waals surface area contributed by atoms with E-state index < -0.39 is 5.41 Å². The van der Waals surface area contributed by atoms with Gasteiger partial charge in [-0.05, 0) is 38.3 Å². The standard InChI is InChI=1S/C20H25N3O2/c1-5-7-17-18(19(24)25-6-2)22-14-23(17)12-15-8-10-16(11-9-15)20(3,4)13-21/h8-11,14H,5-7,12H2,1-4H3. The Kier molecular flexibility index (Phi) is 5.97. The molecular formula is C20H25N3O2. The Balaban J connectivity index is 2.25. The van der Waals surface area contributed by atoms with Crippen LogP contribution in [0.15, 0.2) is 30.6 Å². The van der Waals surface area contributed by atoms with Crippen molar-refractivity contribution >= 4 is 5.97 Å². The Morgan fingerprint density at radius 2 is 1.96 bits per heavy atom. The van der Waals surface area contributed by atoms with Crippen LogP contribution in [-0.2, 0) is 23.1 Å². The summed E-state index contributed by atoms with van der Waals surface area (Å²) in [5, 5.41) is 9.24. The molecule has 0 saturated heterocycles. The molecule has 0 atom stereocenters. The van der Waals surface area contributed by atoms with Gasteiger partial charge in [-0.1, -0.05) is 37.6 Å². The van der Waals surface area contributed by atoms with Gasteiger partial charge in [-0.25, -0.2) is 9.78 Å². The van der Waals surface area contributed by atoms with E-state index in [2.05, 4.69) is 18.0 Å². The molecular weight excluding hydrogens is 314 g/mol. The summed E-state index contributed by atoms with van der Waals surface area (Å²) < 4.78 is 7.10. The maximum Gasteiger partial charge on any atom is 0.358 e. The van der Waals surface area contributed by atoms with Crippen molar-refractivity contribution < 1.29 is 9.53 Å². The van der Waals surface area contributed by atoms with E-state index in [1.54, 1.807) is 13.3 Å². The first-order valence-corrected chi connectivity index (χ1v) is 8.64. The Morgan fingerprint density at radius 3 is 2.52 bits per heavy atom. The molecule has 5 heteroatoms. The number of esters is 1. The highest BCUT2D eigenvalue weighted by Crippen LogP contribution is 2.23. The van der Waals surface area contributed by atoms with Gasteiger partial charge in [-0.2, -0.15) is 5.26 Å². The lowest BCUT2D eigenvalue weighted by atomic mass is 9.86.